The molecule has 0 spiro atoms. The summed E-state index contributed by atoms with van der Waals surface area (Å²) in [5.41, 5.74) is -0.863. The summed E-state index contributed by atoms with van der Waals surface area (Å²) in [6.07, 6.45) is -3.89. The summed E-state index contributed by atoms with van der Waals surface area (Å²) in [5.74, 6) is -0.667. The predicted octanol–water partition coefficient (Wildman–Crippen LogP) is 5.53. The van der Waals surface area contributed by atoms with Gasteiger partial charge in [0.05, 0.1) is 5.69 Å². The number of halogens is 4. The lowest BCUT2D eigenvalue weighted by atomic mass is 10.3. The van der Waals surface area contributed by atoms with Crippen LogP contribution in [0.3, 0.4) is 0 Å². The second-order valence-electron chi connectivity index (χ2n) is 4.93. The molecule has 3 aromatic rings. The van der Waals surface area contributed by atoms with Crippen LogP contribution in [0.15, 0.2) is 70.7 Å². The monoisotopic (exact) mass is 365 g/mol. The van der Waals surface area contributed by atoms with Crippen LogP contribution >= 0.6 is 11.8 Å². The Labute approximate surface area is 145 Å². The van der Waals surface area contributed by atoms with Crippen LogP contribution in [0, 0.1) is 5.82 Å². The fourth-order valence-electron chi connectivity index (χ4n) is 1.98. The largest absolute Gasteiger partial charge is 0.420 e. The molecule has 1 heterocycles. The number of anilines is 2. The van der Waals surface area contributed by atoms with Gasteiger partial charge in [-0.3, -0.25) is 0 Å². The summed E-state index contributed by atoms with van der Waals surface area (Å²) in [6.45, 7) is 0. The molecule has 2 aromatic carbocycles. The highest BCUT2D eigenvalue weighted by molar-refractivity contribution is 7.99. The van der Waals surface area contributed by atoms with E-state index in [0.29, 0.717) is 11.1 Å². The van der Waals surface area contributed by atoms with Crippen molar-refractivity contribution in [2.75, 3.05) is 5.32 Å². The molecular formula is C17H11F4N3S. The van der Waals surface area contributed by atoms with Gasteiger partial charge in [0, 0.05) is 11.1 Å². The summed E-state index contributed by atoms with van der Waals surface area (Å²) < 4.78 is 53.3. The standard InChI is InChI=1S/C17H11F4N3S/c18-13-8-4-5-9-14(13)23-16-22-10-12(17(19,20)21)15(24-16)25-11-6-2-1-3-7-11/h1-10H,(H,22,23,24). The molecule has 128 valence electrons. The molecule has 1 N–H and O–H groups in total. The first-order valence-electron chi connectivity index (χ1n) is 7.12. The summed E-state index contributed by atoms with van der Waals surface area (Å²) in [5, 5.41) is 2.34. The maximum atomic E-state index is 13.7. The zero-order valence-electron chi connectivity index (χ0n) is 12.6. The molecule has 0 aliphatic heterocycles. The average molecular weight is 365 g/mol. The summed E-state index contributed by atoms with van der Waals surface area (Å²) in [6, 6.07) is 14.3. The van der Waals surface area contributed by atoms with Crippen molar-refractivity contribution in [1.29, 1.82) is 0 Å². The van der Waals surface area contributed by atoms with Crippen LogP contribution in [0.4, 0.5) is 29.2 Å². The van der Waals surface area contributed by atoms with E-state index in [9.17, 15) is 17.6 Å². The van der Waals surface area contributed by atoms with E-state index < -0.39 is 17.6 Å². The average Bonchev–Trinajstić information content (AvgIpc) is 2.57. The lowest BCUT2D eigenvalue weighted by Gasteiger charge is -2.13. The Hall–Kier alpha value is -2.61. The Morgan fingerprint density at radius 1 is 0.920 bits per heavy atom. The van der Waals surface area contributed by atoms with Gasteiger partial charge >= 0.3 is 6.18 Å². The van der Waals surface area contributed by atoms with Gasteiger partial charge in [-0.15, -0.1) is 0 Å². The minimum Gasteiger partial charge on any atom is -0.322 e. The molecule has 3 nitrogen and oxygen atoms in total. The molecule has 8 heteroatoms. The van der Waals surface area contributed by atoms with Crippen molar-refractivity contribution in [3.05, 3.63) is 72.2 Å². The Kier molecular flexibility index (Phi) is 4.89. The zero-order chi connectivity index (χ0) is 17.9. The highest BCUT2D eigenvalue weighted by atomic mass is 32.2. The van der Waals surface area contributed by atoms with Crippen molar-refractivity contribution in [3.8, 4) is 0 Å². The minimum absolute atomic E-state index is 0.0814. The Morgan fingerprint density at radius 3 is 2.28 bits per heavy atom. The molecule has 1 aromatic heterocycles. The van der Waals surface area contributed by atoms with Crippen molar-refractivity contribution < 1.29 is 17.6 Å². The van der Waals surface area contributed by atoms with Gasteiger partial charge in [0.1, 0.15) is 16.4 Å². The molecule has 0 radical (unpaired) electrons. The molecule has 25 heavy (non-hydrogen) atoms. The molecule has 0 aliphatic carbocycles. The smallest absolute Gasteiger partial charge is 0.322 e. The van der Waals surface area contributed by atoms with Crippen molar-refractivity contribution in [3.63, 3.8) is 0 Å². The SMILES string of the molecule is Fc1ccccc1Nc1ncc(C(F)(F)F)c(Sc2ccccc2)n1. The number of hydrogen-bond acceptors (Lipinski definition) is 4. The summed E-state index contributed by atoms with van der Waals surface area (Å²) >= 11 is 0.865. The van der Waals surface area contributed by atoms with Gasteiger partial charge in [-0.1, -0.05) is 42.1 Å². The molecular weight excluding hydrogens is 354 g/mol. The third-order valence-electron chi connectivity index (χ3n) is 3.14. The van der Waals surface area contributed by atoms with E-state index >= 15 is 0 Å². The molecule has 0 bridgehead atoms. The maximum absolute atomic E-state index is 13.7. The second-order valence-corrected chi connectivity index (χ2v) is 5.99. The number of alkyl halides is 3. The van der Waals surface area contributed by atoms with E-state index in [0.717, 1.165) is 11.8 Å². The number of aromatic nitrogens is 2. The van der Waals surface area contributed by atoms with Crippen LogP contribution in [-0.2, 0) is 6.18 Å². The summed E-state index contributed by atoms with van der Waals surface area (Å²) in [7, 11) is 0. The Bertz CT molecular complexity index is 869. The van der Waals surface area contributed by atoms with Gasteiger partial charge in [-0.2, -0.15) is 13.2 Å². The van der Waals surface area contributed by atoms with E-state index in [1.54, 1.807) is 36.4 Å². The number of para-hydroxylation sites is 1. The number of hydrogen-bond donors (Lipinski definition) is 1. The van der Waals surface area contributed by atoms with E-state index in [1.165, 1.54) is 18.2 Å². The zero-order valence-corrected chi connectivity index (χ0v) is 13.4. The third-order valence-corrected chi connectivity index (χ3v) is 4.15. The van der Waals surface area contributed by atoms with E-state index in [1.807, 2.05) is 0 Å². The highest BCUT2D eigenvalue weighted by Gasteiger charge is 2.35. The van der Waals surface area contributed by atoms with Crippen LogP contribution in [0.25, 0.3) is 0 Å². The lowest BCUT2D eigenvalue weighted by Crippen LogP contribution is -2.10. The molecule has 0 saturated heterocycles. The number of nitrogens with one attached hydrogen (secondary N) is 1. The van der Waals surface area contributed by atoms with E-state index in [2.05, 4.69) is 15.3 Å². The second kappa shape index (κ2) is 7.10. The third kappa shape index (κ3) is 4.27. The molecule has 0 fully saturated rings. The Morgan fingerprint density at radius 2 is 1.60 bits per heavy atom. The van der Waals surface area contributed by atoms with E-state index in [4.69, 9.17) is 0 Å². The van der Waals surface area contributed by atoms with Crippen LogP contribution in [0.2, 0.25) is 0 Å². The van der Waals surface area contributed by atoms with Gasteiger partial charge in [0.15, 0.2) is 0 Å². The molecule has 0 unspecified atom stereocenters. The first kappa shape index (κ1) is 17.2. The predicted molar refractivity (Wildman–Crippen MR) is 87.3 cm³/mol. The molecule has 0 atom stereocenters. The van der Waals surface area contributed by atoms with Gasteiger partial charge in [-0.05, 0) is 24.3 Å². The van der Waals surface area contributed by atoms with Crippen molar-refractivity contribution in [2.24, 2.45) is 0 Å². The summed E-state index contributed by atoms with van der Waals surface area (Å²) in [4.78, 5) is 8.19. The topological polar surface area (TPSA) is 37.8 Å². The number of rotatable bonds is 4. The fraction of sp³-hybridized carbons (Fsp3) is 0.0588. The molecule has 0 amide bonds. The molecule has 0 aliphatic rings. The first-order valence-corrected chi connectivity index (χ1v) is 7.94. The van der Waals surface area contributed by atoms with Crippen molar-refractivity contribution in [1.82, 2.24) is 9.97 Å². The lowest BCUT2D eigenvalue weighted by molar-refractivity contribution is -0.140. The van der Waals surface area contributed by atoms with Crippen LogP contribution in [-0.4, -0.2) is 9.97 Å². The highest BCUT2D eigenvalue weighted by Crippen LogP contribution is 2.38. The maximum Gasteiger partial charge on any atom is 0.420 e. The van der Waals surface area contributed by atoms with Crippen molar-refractivity contribution in [2.45, 2.75) is 16.1 Å². The van der Waals surface area contributed by atoms with Gasteiger partial charge in [-0.25, -0.2) is 14.4 Å². The van der Waals surface area contributed by atoms with E-state index in [-0.39, 0.29) is 16.7 Å². The van der Waals surface area contributed by atoms with Crippen molar-refractivity contribution >= 4 is 23.4 Å². The molecule has 3 rings (SSSR count). The Balaban J connectivity index is 1.96. The van der Waals surface area contributed by atoms with Crippen LogP contribution < -0.4 is 5.32 Å². The van der Waals surface area contributed by atoms with Crippen LogP contribution in [0.1, 0.15) is 5.56 Å². The van der Waals surface area contributed by atoms with Crippen LogP contribution in [0.5, 0.6) is 0 Å². The quantitative estimate of drug-likeness (QED) is 0.487. The first-order chi connectivity index (χ1) is 11.9. The fourth-order valence-corrected chi connectivity index (χ4v) is 2.91. The van der Waals surface area contributed by atoms with Gasteiger partial charge in [0.2, 0.25) is 5.95 Å². The molecule has 0 saturated carbocycles. The number of benzene rings is 2. The minimum atomic E-state index is -4.59. The van der Waals surface area contributed by atoms with Gasteiger partial charge < -0.3 is 5.32 Å². The normalized spacial score (nSPS) is 11.4. The van der Waals surface area contributed by atoms with Gasteiger partial charge in [0.25, 0.3) is 0 Å². The number of nitrogens with zero attached hydrogens (tertiary/aromatic N) is 2.